The number of hydrogen-bond donors (Lipinski definition) is 0. The highest BCUT2D eigenvalue weighted by molar-refractivity contribution is 7.03. The van der Waals surface area contributed by atoms with Crippen molar-refractivity contribution in [2.75, 3.05) is 0 Å². The maximum Gasteiger partial charge on any atom is 0.332 e. The summed E-state index contributed by atoms with van der Waals surface area (Å²) in [4.78, 5) is 15.3. The third kappa shape index (κ3) is 0.937. The molecule has 2 heterocycles. The quantitative estimate of drug-likeness (QED) is 0.603. The lowest BCUT2D eigenvalue weighted by Crippen LogP contribution is -2.09. The summed E-state index contributed by atoms with van der Waals surface area (Å²) in [5.41, 5.74) is 1.58. The molecule has 0 saturated carbocycles. The molecule has 0 aromatic carbocycles. The van der Waals surface area contributed by atoms with Crippen LogP contribution in [0, 0.1) is 13.8 Å². The standard InChI is InChI=1S/C7H7N3OS/c1-4-3-6-9-12-7(11)10(6)5(2)8-4/h3H,1-2H3. The summed E-state index contributed by atoms with van der Waals surface area (Å²) in [5, 5.41) is 0. The first kappa shape index (κ1) is 7.42. The molecule has 0 aliphatic carbocycles. The molecular weight excluding hydrogens is 174 g/mol. The van der Waals surface area contributed by atoms with E-state index in [0.717, 1.165) is 17.2 Å². The van der Waals surface area contributed by atoms with Crippen LogP contribution in [-0.4, -0.2) is 13.8 Å². The highest BCUT2D eigenvalue weighted by atomic mass is 32.1. The van der Waals surface area contributed by atoms with E-state index in [2.05, 4.69) is 9.36 Å². The van der Waals surface area contributed by atoms with Gasteiger partial charge in [0.05, 0.1) is 0 Å². The lowest BCUT2D eigenvalue weighted by atomic mass is 10.4. The molecule has 0 unspecified atom stereocenters. The Morgan fingerprint density at radius 3 is 3.00 bits per heavy atom. The molecule has 62 valence electrons. The largest absolute Gasteiger partial charge is 0.332 e. The maximum atomic E-state index is 11.2. The van der Waals surface area contributed by atoms with Crippen molar-refractivity contribution < 1.29 is 0 Å². The van der Waals surface area contributed by atoms with Gasteiger partial charge in [0, 0.05) is 23.3 Å². The first-order valence-corrected chi connectivity index (χ1v) is 4.28. The number of aromatic nitrogens is 3. The predicted octanol–water partition coefficient (Wildman–Crippen LogP) is 0.768. The van der Waals surface area contributed by atoms with Gasteiger partial charge in [-0.15, -0.1) is 0 Å². The minimum absolute atomic E-state index is 0.0741. The molecule has 2 aromatic heterocycles. The van der Waals surface area contributed by atoms with E-state index in [0.29, 0.717) is 11.5 Å². The number of fused-ring (bicyclic) bond motifs is 1. The first-order chi connectivity index (χ1) is 5.68. The fourth-order valence-electron chi connectivity index (χ4n) is 1.17. The van der Waals surface area contributed by atoms with Gasteiger partial charge >= 0.3 is 4.87 Å². The Morgan fingerprint density at radius 1 is 1.50 bits per heavy atom. The molecule has 4 nitrogen and oxygen atoms in total. The average molecular weight is 181 g/mol. The Bertz CT molecular complexity index is 485. The molecule has 0 N–H and O–H groups in total. The molecule has 0 atom stereocenters. The second kappa shape index (κ2) is 2.38. The van der Waals surface area contributed by atoms with Crippen molar-refractivity contribution in [3.05, 3.63) is 27.3 Å². The van der Waals surface area contributed by atoms with Gasteiger partial charge in [0.1, 0.15) is 5.82 Å². The smallest absolute Gasteiger partial charge is 0.255 e. The van der Waals surface area contributed by atoms with E-state index >= 15 is 0 Å². The molecule has 2 aromatic rings. The van der Waals surface area contributed by atoms with Crippen molar-refractivity contribution >= 4 is 17.2 Å². The molecule has 0 bridgehead atoms. The van der Waals surface area contributed by atoms with Crippen molar-refractivity contribution in [2.45, 2.75) is 13.8 Å². The lowest BCUT2D eigenvalue weighted by Gasteiger charge is -1.97. The van der Waals surface area contributed by atoms with Crippen LogP contribution in [0.25, 0.3) is 5.65 Å². The van der Waals surface area contributed by atoms with Crippen molar-refractivity contribution in [1.29, 1.82) is 0 Å². The Labute approximate surface area is 72.7 Å². The normalized spacial score (nSPS) is 10.8. The molecule has 12 heavy (non-hydrogen) atoms. The fraction of sp³-hybridized carbons (Fsp3) is 0.286. The van der Waals surface area contributed by atoms with E-state index in [1.54, 1.807) is 13.0 Å². The summed E-state index contributed by atoms with van der Waals surface area (Å²) in [6.45, 7) is 3.69. The van der Waals surface area contributed by atoms with E-state index in [-0.39, 0.29) is 4.87 Å². The van der Waals surface area contributed by atoms with Gasteiger partial charge in [-0.1, -0.05) is 0 Å². The second-order valence-corrected chi connectivity index (χ2v) is 3.30. The summed E-state index contributed by atoms with van der Waals surface area (Å²) < 4.78 is 5.50. The number of rotatable bonds is 0. The lowest BCUT2D eigenvalue weighted by molar-refractivity contribution is 0.942. The summed E-state index contributed by atoms with van der Waals surface area (Å²) in [6.07, 6.45) is 0. The molecule has 0 spiro atoms. The highest BCUT2D eigenvalue weighted by Crippen LogP contribution is 2.03. The minimum Gasteiger partial charge on any atom is -0.255 e. The molecule has 2 rings (SSSR count). The van der Waals surface area contributed by atoms with Gasteiger partial charge in [0.15, 0.2) is 5.65 Å². The van der Waals surface area contributed by atoms with Gasteiger partial charge in [-0.3, -0.25) is 4.79 Å². The van der Waals surface area contributed by atoms with Crippen LogP contribution < -0.4 is 4.87 Å². The molecule has 0 fully saturated rings. The predicted molar refractivity (Wildman–Crippen MR) is 46.6 cm³/mol. The second-order valence-electron chi connectivity index (χ2n) is 2.59. The topological polar surface area (TPSA) is 47.3 Å². The van der Waals surface area contributed by atoms with Crippen LogP contribution in [0.5, 0.6) is 0 Å². The fourth-order valence-corrected chi connectivity index (χ4v) is 1.79. The van der Waals surface area contributed by atoms with Crippen LogP contribution in [0.4, 0.5) is 0 Å². The molecule has 0 amide bonds. The summed E-state index contributed by atoms with van der Waals surface area (Å²) >= 11 is 0.958. The molecular formula is C7H7N3OS. The highest BCUT2D eigenvalue weighted by Gasteiger charge is 2.03. The van der Waals surface area contributed by atoms with Crippen molar-refractivity contribution in [1.82, 2.24) is 13.8 Å². The SMILES string of the molecule is Cc1cc2nsc(=O)n2c(C)n1. The Hall–Kier alpha value is -1.23. The van der Waals surface area contributed by atoms with E-state index in [9.17, 15) is 4.79 Å². The van der Waals surface area contributed by atoms with Crippen LogP contribution >= 0.6 is 11.5 Å². The van der Waals surface area contributed by atoms with Crippen LogP contribution in [0.3, 0.4) is 0 Å². The van der Waals surface area contributed by atoms with E-state index in [1.165, 1.54) is 4.40 Å². The molecule has 5 heteroatoms. The van der Waals surface area contributed by atoms with Gasteiger partial charge in [0.25, 0.3) is 0 Å². The van der Waals surface area contributed by atoms with Gasteiger partial charge in [0.2, 0.25) is 0 Å². The monoisotopic (exact) mass is 181 g/mol. The molecule has 0 saturated heterocycles. The van der Waals surface area contributed by atoms with Crippen molar-refractivity contribution in [3.63, 3.8) is 0 Å². The summed E-state index contributed by atoms with van der Waals surface area (Å²) in [7, 11) is 0. The zero-order valence-electron chi connectivity index (χ0n) is 6.74. The zero-order chi connectivity index (χ0) is 8.72. The average Bonchev–Trinajstić information content (AvgIpc) is 2.31. The van der Waals surface area contributed by atoms with Crippen LogP contribution in [0.2, 0.25) is 0 Å². The Kier molecular flexibility index (Phi) is 1.47. The third-order valence-corrected chi connectivity index (χ3v) is 2.25. The van der Waals surface area contributed by atoms with Gasteiger partial charge in [-0.25, -0.2) is 9.38 Å². The minimum atomic E-state index is -0.0741. The number of nitrogens with zero attached hydrogens (tertiary/aromatic N) is 3. The Morgan fingerprint density at radius 2 is 2.25 bits per heavy atom. The van der Waals surface area contributed by atoms with Crippen LogP contribution in [0.1, 0.15) is 11.5 Å². The summed E-state index contributed by atoms with van der Waals surface area (Å²) in [6, 6.07) is 1.80. The number of aryl methyl sites for hydroxylation is 2. The van der Waals surface area contributed by atoms with Gasteiger partial charge in [-0.05, 0) is 13.8 Å². The number of hydrogen-bond acceptors (Lipinski definition) is 4. The van der Waals surface area contributed by atoms with E-state index in [4.69, 9.17) is 0 Å². The van der Waals surface area contributed by atoms with Crippen molar-refractivity contribution in [2.24, 2.45) is 0 Å². The van der Waals surface area contributed by atoms with Gasteiger partial charge in [-0.2, -0.15) is 4.37 Å². The van der Waals surface area contributed by atoms with Crippen LogP contribution in [-0.2, 0) is 0 Å². The Balaban J connectivity index is 3.03. The molecule has 0 radical (unpaired) electrons. The molecule has 0 aliphatic heterocycles. The molecule has 0 aliphatic rings. The maximum absolute atomic E-state index is 11.2. The van der Waals surface area contributed by atoms with E-state index in [1.807, 2.05) is 6.92 Å². The van der Waals surface area contributed by atoms with Gasteiger partial charge < -0.3 is 0 Å². The van der Waals surface area contributed by atoms with Crippen LogP contribution in [0.15, 0.2) is 10.9 Å². The summed E-state index contributed by atoms with van der Waals surface area (Å²) in [5.74, 6) is 0.698. The van der Waals surface area contributed by atoms with Crippen molar-refractivity contribution in [3.8, 4) is 0 Å². The first-order valence-electron chi connectivity index (χ1n) is 3.51. The third-order valence-electron chi connectivity index (χ3n) is 1.63. The van der Waals surface area contributed by atoms with E-state index < -0.39 is 0 Å². The zero-order valence-corrected chi connectivity index (χ0v) is 7.55.